The number of rotatable bonds is 1. The lowest BCUT2D eigenvalue weighted by Crippen LogP contribution is -2.31. The molecule has 0 heterocycles. The molecule has 112 valence electrons. The second-order valence-electron chi connectivity index (χ2n) is 6.05. The summed E-state index contributed by atoms with van der Waals surface area (Å²) in [4.78, 5) is 22.6. The van der Waals surface area contributed by atoms with Crippen molar-refractivity contribution < 1.29 is 19.4 Å². The minimum absolute atomic E-state index is 0.0289. The minimum atomic E-state index is -0.602. The number of aliphatic carboxylic acids is 1. The fourth-order valence-electron chi connectivity index (χ4n) is 1.70. The fourth-order valence-corrected chi connectivity index (χ4v) is 1.70. The Morgan fingerprint density at radius 3 is 1.79 bits per heavy atom. The quantitative estimate of drug-likeness (QED) is 0.797. The van der Waals surface area contributed by atoms with Crippen molar-refractivity contribution >= 4 is 12.1 Å². The van der Waals surface area contributed by atoms with Gasteiger partial charge in [-0.2, -0.15) is 0 Å². The highest BCUT2D eigenvalue weighted by Crippen LogP contribution is 2.23. The molecule has 1 rings (SSSR count). The lowest BCUT2D eigenvalue weighted by Gasteiger charge is -2.22. The van der Waals surface area contributed by atoms with E-state index in [2.05, 4.69) is 0 Å². The zero-order valence-corrected chi connectivity index (χ0v) is 12.7. The van der Waals surface area contributed by atoms with Gasteiger partial charge in [0.25, 0.3) is 0 Å². The molecule has 0 bridgehead atoms. The van der Waals surface area contributed by atoms with Crippen molar-refractivity contribution in [2.45, 2.75) is 58.5 Å². The third-order valence-corrected chi connectivity index (χ3v) is 2.71. The van der Waals surface area contributed by atoms with Crippen LogP contribution in [-0.4, -0.2) is 41.8 Å². The minimum Gasteiger partial charge on any atom is -0.481 e. The molecule has 5 nitrogen and oxygen atoms in total. The smallest absolute Gasteiger partial charge is 0.409 e. The summed E-state index contributed by atoms with van der Waals surface area (Å²) in [5.41, 5.74) is -0.388. The molecule has 1 aliphatic rings. The highest BCUT2D eigenvalue weighted by Gasteiger charge is 2.19. The van der Waals surface area contributed by atoms with Gasteiger partial charge in [0.1, 0.15) is 5.60 Å². The first-order valence-corrected chi connectivity index (χ1v) is 6.76. The Morgan fingerprint density at radius 1 is 1.11 bits per heavy atom. The average Bonchev–Trinajstić information content (AvgIpc) is 2.28. The Morgan fingerprint density at radius 2 is 1.58 bits per heavy atom. The number of carbonyl (C=O) groups excluding carboxylic acids is 1. The first-order chi connectivity index (χ1) is 8.63. The SMILES string of the molecule is CN(C)C(=O)OC(C)(C)C.O=C(O)C1CCCCC1. The van der Waals surface area contributed by atoms with Crippen LogP contribution < -0.4 is 0 Å². The molecule has 0 aromatic carbocycles. The van der Waals surface area contributed by atoms with Gasteiger partial charge in [0.05, 0.1) is 5.92 Å². The molecule has 5 heteroatoms. The molecule has 1 amide bonds. The third kappa shape index (κ3) is 9.33. The van der Waals surface area contributed by atoms with Gasteiger partial charge in [0, 0.05) is 14.1 Å². The maximum atomic E-state index is 10.9. The van der Waals surface area contributed by atoms with Crippen LogP contribution in [0, 0.1) is 5.92 Å². The van der Waals surface area contributed by atoms with Crippen molar-refractivity contribution in [2.75, 3.05) is 14.1 Å². The van der Waals surface area contributed by atoms with Gasteiger partial charge in [0.15, 0.2) is 0 Å². The monoisotopic (exact) mass is 273 g/mol. The molecule has 1 N–H and O–H groups in total. The van der Waals surface area contributed by atoms with E-state index in [0.717, 1.165) is 25.7 Å². The standard InChI is InChI=1S/C7H15NO2.C7H12O2/c1-7(2,3)10-6(9)8(4)5;8-7(9)6-4-2-1-3-5-6/h1-5H3;6H,1-5H2,(H,8,9). The van der Waals surface area contributed by atoms with Gasteiger partial charge in [-0.05, 0) is 33.6 Å². The molecule has 0 aliphatic heterocycles. The average molecular weight is 273 g/mol. The highest BCUT2D eigenvalue weighted by molar-refractivity contribution is 5.69. The van der Waals surface area contributed by atoms with Crippen molar-refractivity contribution in [1.29, 1.82) is 0 Å². The lowest BCUT2D eigenvalue weighted by molar-refractivity contribution is -0.142. The zero-order valence-electron chi connectivity index (χ0n) is 12.7. The van der Waals surface area contributed by atoms with Crippen molar-refractivity contribution in [1.82, 2.24) is 4.90 Å². The van der Waals surface area contributed by atoms with Crippen LogP contribution in [0.2, 0.25) is 0 Å². The van der Waals surface area contributed by atoms with Crippen LogP contribution in [0.3, 0.4) is 0 Å². The van der Waals surface area contributed by atoms with E-state index in [1.54, 1.807) is 14.1 Å². The van der Waals surface area contributed by atoms with E-state index in [-0.39, 0.29) is 17.6 Å². The molecule has 1 aliphatic carbocycles. The van der Waals surface area contributed by atoms with E-state index in [0.29, 0.717) is 0 Å². The third-order valence-electron chi connectivity index (χ3n) is 2.71. The number of hydrogen-bond donors (Lipinski definition) is 1. The van der Waals surface area contributed by atoms with Gasteiger partial charge in [-0.1, -0.05) is 19.3 Å². The number of carbonyl (C=O) groups is 2. The predicted molar refractivity (Wildman–Crippen MR) is 74.1 cm³/mol. The van der Waals surface area contributed by atoms with Gasteiger partial charge < -0.3 is 14.7 Å². The summed E-state index contributed by atoms with van der Waals surface area (Å²) in [7, 11) is 3.32. The fraction of sp³-hybridized carbons (Fsp3) is 0.857. The summed E-state index contributed by atoms with van der Waals surface area (Å²) in [5, 5.41) is 8.54. The molecule has 0 atom stereocenters. The van der Waals surface area contributed by atoms with Gasteiger partial charge in [-0.3, -0.25) is 4.79 Å². The number of amides is 1. The van der Waals surface area contributed by atoms with E-state index >= 15 is 0 Å². The highest BCUT2D eigenvalue weighted by atomic mass is 16.6. The largest absolute Gasteiger partial charge is 0.481 e. The zero-order chi connectivity index (χ0) is 15.1. The second kappa shape index (κ2) is 8.02. The van der Waals surface area contributed by atoms with Crippen LogP contribution in [0.15, 0.2) is 0 Å². The summed E-state index contributed by atoms with van der Waals surface area (Å²) in [6, 6.07) is 0. The Labute approximate surface area is 115 Å². The maximum absolute atomic E-state index is 10.9. The van der Waals surface area contributed by atoms with E-state index in [1.807, 2.05) is 20.8 Å². The molecule has 0 spiro atoms. The number of carboxylic acids is 1. The summed E-state index contributed by atoms with van der Waals surface area (Å²) in [6.45, 7) is 5.52. The normalized spacial score (nSPS) is 16.1. The lowest BCUT2D eigenvalue weighted by atomic mass is 9.90. The molecule has 1 fully saturated rings. The molecule has 0 unspecified atom stereocenters. The Hall–Kier alpha value is -1.26. The van der Waals surface area contributed by atoms with E-state index in [9.17, 15) is 9.59 Å². The van der Waals surface area contributed by atoms with Crippen LogP contribution in [0.5, 0.6) is 0 Å². The summed E-state index contributed by atoms with van der Waals surface area (Å²) >= 11 is 0. The maximum Gasteiger partial charge on any atom is 0.409 e. The molecule has 19 heavy (non-hydrogen) atoms. The van der Waals surface area contributed by atoms with Crippen molar-refractivity contribution in [3.05, 3.63) is 0 Å². The molecular weight excluding hydrogens is 246 g/mol. The molecule has 0 saturated heterocycles. The van der Waals surface area contributed by atoms with Crippen molar-refractivity contribution in [2.24, 2.45) is 5.92 Å². The van der Waals surface area contributed by atoms with Crippen molar-refractivity contribution in [3.8, 4) is 0 Å². The number of ether oxygens (including phenoxy) is 1. The van der Waals surface area contributed by atoms with Crippen LogP contribution in [0.25, 0.3) is 0 Å². The van der Waals surface area contributed by atoms with Crippen LogP contribution >= 0.6 is 0 Å². The van der Waals surface area contributed by atoms with Crippen LogP contribution in [-0.2, 0) is 9.53 Å². The molecule has 0 aromatic rings. The summed E-state index contributed by atoms with van der Waals surface area (Å²) in [5.74, 6) is -0.631. The Balaban J connectivity index is 0.000000342. The number of hydrogen-bond acceptors (Lipinski definition) is 3. The van der Waals surface area contributed by atoms with Gasteiger partial charge in [0.2, 0.25) is 0 Å². The Bertz CT molecular complexity index is 288. The second-order valence-corrected chi connectivity index (χ2v) is 6.05. The summed E-state index contributed by atoms with van der Waals surface area (Å²) < 4.78 is 4.99. The summed E-state index contributed by atoms with van der Waals surface area (Å²) in [6.07, 6.45) is 4.94. The molecular formula is C14H27NO4. The molecule has 0 radical (unpaired) electrons. The van der Waals surface area contributed by atoms with E-state index in [4.69, 9.17) is 9.84 Å². The first-order valence-electron chi connectivity index (χ1n) is 6.76. The van der Waals surface area contributed by atoms with Crippen molar-refractivity contribution in [3.63, 3.8) is 0 Å². The van der Waals surface area contributed by atoms with Gasteiger partial charge in [-0.15, -0.1) is 0 Å². The van der Waals surface area contributed by atoms with Gasteiger partial charge in [-0.25, -0.2) is 4.79 Å². The Kier molecular flexibility index (Phi) is 7.49. The molecule has 1 saturated carbocycles. The van der Waals surface area contributed by atoms with Crippen LogP contribution in [0.1, 0.15) is 52.9 Å². The number of carboxylic acid groups (broad SMARTS) is 1. The van der Waals surface area contributed by atoms with E-state index < -0.39 is 5.97 Å². The van der Waals surface area contributed by atoms with E-state index in [1.165, 1.54) is 11.3 Å². The van der Waals surface area contributed by atoms with Crippen LogP contribution in [0.4, 0.5) is 4.79 Å². The predicted octanol–water partition coefficient (Wildman–Crippen LogP) is 3.13. The molecule has 0 aromatic heterocycles. The topological polar surface area (TPSA) is 66.8 Å². The number of nitrogens with zero attached hydrogens (tertiary/aromatic N) is 1. The van der Waals surface area contributed by atoms with Gasteiger partial charge >= 0.3 is 12.1 Å². The first kappa shape index (κ1) is 17.7.